The van der Waals surface area contributed by atoms with Gasteiger partial charge >= 0.3 is 5.97 Å². The van der Waals surface area contributed by atoms with Crippen molar-refractivity contribution in [3.63, 3.8) is 0 Å². The average molecular weight is 489 g/mol. The summed E-state index contributed by atoms with van der Waals surface area (Å²) in [6.07, 6.45) is 7.13. The first-order valence-corrected chi connectivity index (χ1v) is 14.0. The number of carbonyl (C=O) groups is 1. The maximum atomic E-state index is 12.8. The molecule has 5 aliphatic rings. The van der Waals surface area contributed by atoms with Crippen molar-refractivity contribution >= 4 is 5.97 Å². The monoisotopic (exact) mass is 488 g/mol. The first-order valence-electron chi connectivity index (χ1n) is 14.0. The van der Waals surface area contributed by atoms with Crippen molar-refractivity contribution in [1.82, 2.24) is 0 Å². The minimum absolute atomic E-state index is 0.0197. The molecule has 0 saturated heterocycles. The van der Waals surface area contributed by atoms with Crippen LogP contribution in [0.4, 0.5) is 0 Å². The number of aliphatic carboxylic acids is 1. The second kappa shape index (κ2) is 7.35. The molecule has 0 aromatic carbocycles. The summed E-state index contributed by atoms with van der Waals surface area (Å²) in [5.41, 5.74) is -0.961. The number of hydrogen-bond acceptors (Lipinski definition) is 4. The lowest BCUT2D eigenvalue weighted by Crippen LogP contribution is -2.67. The highest BCUT2D eigenvalue weighted by atomic mass is 16.4. The molecule has 0 aliphatic heterocycles. The van der Waals surface area contributed by atoms with Gasteiger partial charge in [0.2, 0.25) is 0 Å². The van der Waals surface area contributed by atoms with E-state index >= 15 is 0 Å². The van der Waals surface area contributed by atoms with Crippen LogP contribution >= 0.6 is 0 Å². The van der Waals surface area contributed by atoms with Crippen molar-refractivity contribution in [3.8, 4) is 0 Å². The molecule has 0 aromatic rings. The van der Waals surface area contributed by atoms with Gasteiger partial charge in [0.25, 0.3) is 0 Å². The fourth-order valence-electron chi connectivity index (χ4n) is 10.9. The summed E-state index contributed by atoms with van der Waals surface area (Å²) in [6.45, 7) is 15.4. The van der Waals surface area contributed by atoms with Gasteiger partial charge in [0.15, 0.2) is 0 Å². The van der Waals surface area contributed by atoms with Crippen LogP contribution in [-0.2, 0) is 4.79 Å². The molecule has 0 amide bonds. The second-order valence-electron chi connectivity index (χ2n) is 14.9. The third-order valence-electron chi connectivity index (χ3n) is 13.4. The van der Waals surface area contributed by atoms with Gasteiger partial charge in [-0.05, 0) is 97.7 Å². The summed E-state index contributed by atoms with van der Waals surface area (Å²) in [4.78, 5) is 12.8. The lowest BCUT2D eigenvalue weighted by atomic mass is 9.33. The third-order valence-corrected chi connectivity index (χ3v) is 13.4. The number of fused-ring (bicyclic) bond motifs is 7. The first kappa shape index (κ1) is 25.7. The van der Waals surface area contributed by atoms with Gasteiger partial charge in [0.1, 0.15) is 0 Å². The molecule has 0 radical (unpaired) electrons. The summed E-state index contributed by atoms with van der Waals surface area (Å²) < 4.78 is 0. The highest BCUT2D eigenvalue weighted by molar-refractivity contribution is 5.77. The average Bonchev–Trinajstić information content (AvgIpc) is 2.75. The van der Waals surface area contributed by atoms with Gasteiger partial charge < -0.3 is 20.4 Å². The summed E-state index contributed by atoms with van der Waals surface area (Å²) in [6, 6.07) is 0. The number of aliphatic hydroxyl groups excluding tert-OH is 2. The minimum Gasteiger partial charge on any atom is -0.481 e. The van der Waals surface area contributed by atoms with Crippen LogP contribution in [0.1, 0.15) is 99.8 Å². The van der Waals surface area contributed by atoms with E-state index in [1.165, 1.54) is 5.57 Å². The van der Waals surface area contributed by atoms with Gasteiger partial charge in [-0.15, -0.1) is 0 Å². The molecule has 0 heterocycles. The van der Waals surface area contributed by atoms with Crippen molar-refractivity contribution in [2.24, 2.45) is 50.7 Å². The zero-order valence-corrected chi connectivity index (χ0v) is 22.9. The van der Waals surface area contributed by atoms with Crippen molar-refractivity contribution < 1.29 is 25.2 Å². The maximum absolute atomic E-state index is 12.8. The highest BCUT2D eigenvalue weighted by Crippen LogP contribution is 2.75. The number of carboxylic acids is 1. The van der Waals surface area contributed by atoms with Gasteiger partial charge in [0, 0.05) is 5.92 Å². The molecule has 0 unspecified atom stereocenters. The number of hydrogen-bond donors (Lipinski definition) is 4. The highest BCUT2D eigenvalue weighted by Gasteiger charge is 2.71. The molecule has 5 nitrogen and oxygen atoms in total. The predicted octanol–water partition coefficient (Wildman–Crippen LogP) is 5.18. The first-order chi connectivity index (χ1) is 16.0. The molecule has 4 N–H and O–H groups in total. The molecule has 11 atom stereocenters. The molecule has 0 bridgehead atoms. The lowest BCUT2D eigenvalue weighted by molar-refractivity contribution is -0.234. The van der Waals surface area contributed by atoms with E-state index in [-0.39, 0.29) is 33.5 Å². The van der Waals surface area contributed by atoms with E-state index in [0.29, 0.717) is 37.5 Å². The van der Waals surface area contributed by atoms with E-state index in [2.05, 4.69) is 47.6 Å². The Bertz CT molecular complexity index is 952. The Morgan fingerprint density at radius 3 is 2.20 bits per heavy atom. The quantitative estimate of drug-likeness (QED) is 0.382. The van der Waals surface area contributed by atoms with E-state index in [0.717, 1.165) is 25.7 Å². The predicted molar refractivity (Wildman–Crippen MR) is 135 cm³/mol. The van der Waals surface area contributed by atoms with E-state index in [9.17, 15) is 25.2 Å². The second-order valence-corrected chi connectivity index (χ2v) is 14.9. The molecule has 5 heteroatoms. The van der Waals surface area contributed by atoms with Crippen LogP contribution in [0.5, 0.6) is 0 Å². The van der Waals surface area contributed by atoms with E-state index < -0.39 is 29.2 Å². The molecule has 0 spiro atoms. The maximum Gasteiger partial charge on any atom is 0.310 e. The molecule has 198 valence electrons. The van der Waals surface area contributed by atoms with Crippen LogP contribution in [0.25, 0.3) is 0 Å². The van der Waals surface area contributed by atoms with E-state index in [1.807, 2.05) is 6.92 Å². The molecule has 35 heavy (non-hydrogen) atoms. The Kier molecular flexibility index (Phi) is 5.40. The van der Waals surface area contributed by atoms with Crippen LogP contribution in [0, 0.1) is 50.7 Å². The summed E-state index contributed by atoms with van der Waals surface area (Å²) in [5.74, 6) is -0.263. The summed E-state index contributed by atoms with van der Waals surface area (Å²) in [5, 5.41) is 43.7. The molecular formula is C30H48O5. The largest absolute Gasteiger partial charge is 0.481 e. The van der Waals surface area contributed by atoms with Crippen LogP contribution in [0.15, 0.2) is 11.6 Å². The Balaban J connectivity index is 1.63. The van der Waals surface area contributed by atoms with Crippen LogP contribution in [0.2, 0.25) is 0 Å². The Morgan fingerprint density at radius 2 is 1.57 bits per heavy atom. The number of allylic oxidation sites excluding steroid dienone is 2. The van der Waals surface area contributed by atoms with Crippen molar-refractivity contribution in [1.29, 1.82) is 0 Å². The van der Waals surface area contributed by atoms with Crippen LogP contribution in [-0.4, -0.2) is 44.2 Å². The zero-order valence-electron chi connectivity index (χ0n) is 22.9. The van der Waals surface area contributed by atoms with E-state index in [4.69, 9.17) is 0 Å². The molecule has 4 saturated carbocycles. The van der Waals surface area contributed by atoms with Crippen LogP contribution in [0.3, 0.4) is 0 Å². The van der Waals surface area contributed by atoms with Gasteiger partial charge in [0.05, 0.1) is 23.2 Å². The standard InChI is InChI=1S/C30H48O5/c1-17-22-18-8-9-21-26(4)16-19(31)23(32)25(2,3)20(26)10-11-28(21,6)27(18,5)12-14-30(22,24(33)34)15-13-29(17,7)35/h8,17,19-23,31-32,35H,9-16H2,1-7H3,(H,33,34)/t17-,19-,20+,21-,22+,23+,26+,27-,28-,29+,30-/m1/s1. The Morgan fingerprint density at radius 1 is 0.943 bits per heavy atom. The molecule has 5 rings (SSSR count). The number of carboxylic acid groups (broad SMARTS) is 1. The van der Waals surface area contributed by atoms with Gasteiger partial charge in [-0.3, -0.25) is 4.79 Å². The normalized spacial score (nSPS) is 57.1. The van der Waals surface area contributed by atoms with Gasteiger partial charge in [-0.25, -0.2) is 0 Å². The fraction of sp³-hybridized carbons (Fsp3) is 0.900. The molecular weight excluding hydrogens is 440 g/mol. The lowest BCUT2D eigenvalue weighted by Gasteiger charge is -2.71. The smallest absolute Gasteiger partial charge is 0.310 e. The number of aliphatic hydroxyl groups is 3. The summed E-state index contributed by atoms with van der Waals surface area (Å²) >= 11 is 0. The molecule has 0 aromatic heterocycles. The van der Waals surface area contributed by atoms with Crippen molar-refractivity contribution in [2.75, 3.05) is 0 Å². The minimum atomic E-state index is -0.863. The van der Waals surface area contributed by atoms with Gasteiger partial charge in [-0.1, -0.05) is 53.2 Å². The topological polar surface area (TPSA) is 98.0 Å². The SMILES string of the molecule is C[C@@H]1[C@H]2C3=CC[C@@H]4[C@@]5(C)C[C@@H](O)[C@H](O)C(C)(C)[C@@H]5CC[C@@]4(C)[C@]3(C)CC[C@@]2(C(=O)O)CC[C@]1(C)O. The Labute approximate surface area is 211 Å². The van der Waals surface area contributed by atoms with Crippen LogP contribution < -0.4 is 0 Å². The third kappa shape index (κ3) is 2.95. The van der Waals surface area contributed by atoms with Crippen molar-refractivity contribution in [2.45, 2.75) is 118 Å². The fourth-order valence-corrected chi connectivity index (χ4v) is 10.9. The van der Waals surface area contributed by atoms with E-state index in [1.54, 1.807) is 0 Å². The molecule has 4 fully saturated rings. The van der Waals surface area contributed by atoms with Crippen molar-refractivity contribution in [3.05, 3.63) is 11.6 Å². The van der Waals surface area contributed by atoms with Gasteiger partial charge in [-0.2, -0.15) is 0 Å². The zero-order chi connectivity index (χ0) is 26.0. The molecule has 5 aliphatic carbocycles. The number of rotatable bonds is 1. The summed E-state index contributed by atoms with van der Waals surface area (Å²) in [7, 11) is 0. The Hall–Kier alpha value is -0.910.